The minimum Gasteiger partial charge on any atom is -0.488 e. The van der Waals surface area contributed by atoms with Crippen molar-refractivity contribution in [1.29, 1.82) is 0 Å². The van der Waals surface area contributed by atoms with Gasteiger partial charge in [-0.25, -0.2) is 13.6 Å². The van der Waals surface area contributed by atoms with Gasteiger partial charge < -0.3 is 30.7 Å². The number of hydrogen-bond donors (Lipinski definition) is 3. The zero-order chi connectivity index (χ0) is 26.9. The monoisotopic (exact) mass is 523 g/mol. The second-order valence-electron chi connectivity index (χ2n) is 8.91. The Kier molecular flexibility index (Phi) is 10.4. The highest BCUT2D eigenvalue weighted by atomic mass is 35.5. The second-order valence-corrected chi connectivity index (χ2v) is 9.35. The number of urea groups is 1. The van der Waals surface area contributed by atoms with Crippen molar-refractivity contribution >= 4 is 30.7 Å². The predicted molar refractivity (Wildman–Crippen MR) is 134 cm³/mol. The molecule has 0 saturated heterocycles. The van der Waals surface area contributed by atoms with E-state index in [4.69, 9.17) is 26.9 Å². The van der Waals surface area contributed by atoms with Gasteiger partial charge >= 0.3 is 6.03 Å². The average molecular weight is 524 g/mol. The third kappa shape index (κ3) is 6.20. The van der Waals surface area contributed by atoms with Crippen LogP contribution in [0.1, 0.15) is 37.3 Å². The van der Waals surface area contributed by atoms with Crippen LogP contribution in [0.3, 0.4) is 0 Å². The van der Waals surface area contributed by atoms with Gasteiger partial charge in [0.25, 0.3) is 0 Å². The number of hydrogen-bond acceptors (Lipinski definition) is 5. The average Bonchev–Trinajstić information content (AvgIpc) is 2.87. The van der Waals surface area contributed by atoms with Crippen molar-refractivity contribution in [3.05, 3.63) is 64.2 Å². The summed E-state index contributed by atoms with van der Waals surface area (Å²) in [5.74, 6) is -1.61. The topological polar surface area (TPSA) is 111 Å². The van der Waals surface area contributed by atoms with Crippen molar-refractivity contribution in [1.82, 2.24) is 10.6 Å². The van der Waals surface area contributed by atoms with Gasteiger partial charge in [0, 0.05) is 23.7 Å². The molecule has 0 spiro atoms. The van der Waals surface area contributed by atoms with Gasteiger partial charge in [0.15, 0.2) is 11.6 Å². The van der Waals surface area contributed by atoms with Crippen LogP contribution in [0.2, 0.25) is 5.02 Å². The summed E-state index contributed by atoms with van der Waals surface area (Å²) in [6, 6.07) is 9.46. The molecule has 1 saturated carbocycles. The summed E-state index contributed by atoms with van der Waals surface area (Å²) >= 11 is 5.61. The number of aryl methyl sites for hydroxylation is 1. The molecule has 0 aromatic heterocycles. The number of ether oxygens (including phenoxy) is 1. The number of aldehydes is 1. The maximum Gasteiger partial charge on any atom is 0.314 e. The van der Waals surface area contributed by atoms with Crippen LogP contribution in [0.5, 0.6) is 5.75 Å². The van der Waals surface area contributed by atoms with Crippen LogP contribution in [0.25, 0.3) is 0 Å². The molecule has 1 aliphatic carbocycles. The van der Waals surface area contributed by atoms with Gasteiger partial charge in [0.2, 0.25) is 0 Å². The number of carbonyl (C=O) groups is 3. The van der Waals surface area contributed by atoms with Gasteiger partial charge in [0.1, 0.15) is 25.5 Å². The molecule has 1 unspecified atom stereocenters. The molecular formula is C26H32ClF2N3O4. The van der Waals surface area contributed by atoms with E-state index in [1.54, 1.807) is 0 Å². The fraction of sp³-hybridized carbons (Fsp3) is 0.423. The second kappa shape index (κ2) is 12.8. The van der Waals surface area contributed by atoms with Crippen LogP contribution in [0, 0.1) is 24.5 Å². The number of rotatable bonds is 4. The molecule has 3 atom stereocenters. The molecule has 1 fully saturated rings. The van der Waals surface area contributed by atoms with E-state index in [9.17, 15) is 18.4 Å². The van der Waals surface area contributed by atoms with Crippen LogP contribution in [-0.4, -0.2) is 44.3 Å². The Hall–Kier alpha value is -3.04. The van der Waals surface area contributed by atoms with E-state index in [0.717, 1.165) is 17.2 Å². The van der Waals surface area contributed by atoms with E-state index in [-0.39, 0.29) is 36.3 Å². The highest BCUT2D eigenvalue weighted by molar-refractivity contribution is 6.30. The lowest BCUT2D eigenvalue weighted by atomic mass is 9.55. The number of carbonyl (C=O) groups excluding carboxylic acids is 3. The summed E-state index contributed by atoms with van der Waals surface area (Å²) in [5.41, 5.74) is 5.18. The van der Waals surface area contributed by atoms with E-state index in [1.807, 2.05) is 44.9 Å². The van der Waals surface area contributed by atoms with Gasteiger partial charge in [-0.3, -0.25) is 0 Å². The van der Waals surface area contributed by atoms with Crippen LogP contribution in [0.15, 0.2) is 36.4 Å². The smallest absolute Gasteiger partial charge is 0.314 e. The van der Waals surface area contributed by atoms with Crippen molar-refractivity contribution in [3.63, 3.8) is 0 Å². The Bertz CT molecular complexity index is 1040. The number of fused-ring (bicyclic) bond motifs is 3. The number of halogens is 3. The molecule has 4 N–H and O–H groups in total. The molecule has 1 heterocycles. The summed E-state index contributed by atoms with van der Waals surface area (Å²) < 4.78 is 34.1. The maximum atomic E-state index is 14.5. The van der Waals surface area contributed by atoms with Crippen molar-refractivity contribution in [2.24, 2.45) is 11.7 Å². The Morgan fingerprint density at radius 2 is 1.83 bits per heavy atom. The third-order valence-corrected chi connectivity index (χ3v) is 6.82. The maximum absolute atomic E-state index is 14.5. The van der Waals surface area contributed by atoms with Crippen molar-refractivity contribution in [2.45, 2.75) is 44.1 Å². The van der Waals surface area contributed by atoms with Gasteiger partial charge in [-0.2, -0.15) is 0 Å². The molecule has 196 valence electrons. The fourth-order valence-corrected chi connectivity index (χ4v) is 4.86. The minimum absolute atomic E-state index is 0.0115. The van der Waals surface area contributed by atoms with Crippen LogP contribution >= 0.6 is 11.6 Å². The summed E-state index contributed by atoms with van der Waals surface area (Å²) in [5, 5.41) is 6.21. The molecule has 7 nitrogen and oxygen atoms in total. The van der Waals surface area contributed by atoms with E-state index in [1.165, 1.54) is 5.56 Å². The Labute approximate surface area is 214 Å². The third-order valence-electron chi connectivity index (χ3n) is 6.57. The first kappa shape index (κ1) is 29.2. The first-order valence-electron chi connectivity index (χ1n) is 11.5. The minimum atomic E-state index is -1.34. The van der Waals surface area contributed by atoms with Gasteiger partial charge in [0.05, 0.1) is 11.0 Å². The Morgan fingerprint density at radius 1 is 1.19 bits per heavy atom. The standard InChI is InChI=1S/C18H23F2N3O3.C7H7Cl.CH2O/c1-2-22-16(25)23-8-11-5-6-17(9-24)14-12(19)3-4-13(20)15(14)26-10-18(17,21)7-11;1-6-2-4-7(8)5-3-6;1-2/h3-4,9,11H,2,5-8,10,21H2,1H3,(H2,22,23,25);2-5H,1H3;1H2/t11-,17?,18+;;/m1../s1. The number of nitrogens with one attached hydrogen (secondary N) is 2. The Balaban J connectivity index is 0.000000384. The van der Waals surface area contributed by atoms with Crippen molar-refractivity contribution < 1.29 is 27.9 Å². The first-order chi connectivity index (χ1) is 17.2. The normalized spacial score (nSPS) is 23.7. The fourth-order valence-electron chi connectivity index (χ4n) is 4.74. The molecule has 4 rings (SSSR count). The number of benzene rings is 2. The largest absolute Gasteiger partial charge is 0.488 e. The van der Waals surface area contributed by atoms with E-state index in [2.05, 4.69) is 10.6 Å². The molecule has 36 heavy (non-hydrogen) atoms. The lowest BCUT2D eigenvalue weighted by Crippen LogP contribution is -2.68. The van der Waals surface area contributed by atoms with Gasteiger partial charge in [-0.1, -0.05) is 29.3 Å². The predicted octanol–water partition coefficient (Wildman–Crippen LogP) is 4.07. The molecule has 10 heteroatoms. The van der Waals surface area contributed by atoms with E-state index < -0.39 is 22.6 Å². The summed E-state index contributed by atoms with van der Waals surface area (Å²) in [6.07, 6.45) is 1.82. The highest BCUT2D eigenvalue weighted by Crippen LogP contribution is 2.52. The summed E-state index contributed by atoms with van der Waals surface area (Å²) in [7, 11) is 0. The molecule has 1 aliphatic heterocycles. The quantitative estimate of drug-likeness (QED) is 0.523. The van der Waals surface area contributed by atoms with Crippen LogP contribution in [0.4, 0.5) is 13.6 Å². The van der Waals surface area contributed by atoms with Gasteiger partial charge in [-0.05, 0) is 63.3 Å². The summed E-state index contributed by atoms with van der Waals surface area (Å²) in [6.45, 7) is 6.67. The molecule has 2 aliphatic rings. The van der Waals surface area contributed by atoms with Crippen molar-refractivity contribution in [3.8, 4) is 5.75 Å². The van der Waals surface area contributed by atoms with Gasteiger partial charge in [-0.15, -0.1) is 0 Å². The lowest BCUT2D eigenvalue weighted by molar-refractivity contribution is -0.119. The number of nitrogens with two attached hydrogens (primary N) is 1. The van der Waals surface area contributed by atoms with Crippen LogP contribution in [-0.2, 0) is 15.0 Å². The molecule has 2 aromatic rings. The molecular weight excluding hydrogens is 492 g/mol. The molecule has 0 radical (unpaired) electrons. The zero-order valence-electron chi connectivity index (χ0n) is 20.4. The molecule has 2 amide bonds. The number of amides is 2. The molecule has 0 bridgehead atoms. The van der Waals surface area contributed by atoms with E-state index >= 15 is 0 Å². The summed E-state index contributed by atoms with van der Waals surface area (Å²) in [4.78, 5) is 31.7. The highest BCUT2D eigenvalue weighted by Gasteiger charge is 2.59. The first-order valence-corrected chi connectivity index (χ1v) is 11.9. The van der Waals surface area contributed by atoms with E-state index in [0.29, 0.717) is 32.2 Å². The molecule has 2 aromatic carbocycles. The van der Waals surface area contributed by atoms with Crippen molar-refractivity contribution in [2.75, 3.05) is 19.7 Å². The van der Waals surface area contributed by atoms with Crippen LogP contribution < -0.4 is 21.1 Å². The lowest BCUT2D eigenvalue weighted by Gasteiger charge is -2.53. The zero-order valence-corrected chi connectivity index (χ0v) is 21.2. The SMILES string of the molecule is C=O.CCNC(=O)NC[C@@H]1CCC2(C=O)c3c(F)ccc(F)c3OC[C@@]2(N)C1.Cc1ccc(Cl)cc1. The Morgan fingerprint density at radius 3 is 2.42 bits per heavy atom.